The lowest BCUT2D eigenvalue weighted by atomic mass is 9.78. The number of methoxy groups -OCH3 is 1. The molecule has 1 aliphatic rings. The van der Waals surface area contributed by atoms with Crippen molar-refractivity contribution in [1.82, 2.24) is 19.1 Å². The average Bonchev–Trinajstić information content (AvgIpc) is 3.37. The lowest BCUT2D eigenvalue weighted by molar-refractivity contribution is 0.371. The molecule has 0 N–H and O–H groups in total. The van der Waals surface area contributed by atoms with Gasteiger partial charge in [0.1, 0.15) is 5.75 Å². The van der Waals surface area contributed by atoms with Gasteiger partial charge in [-0.15, -0.1) is 0 Å². The van der Waals surface area contributed by atoms with Crippen molar-refractivity contribution >= 4 is 0 Å². The molecule has 25 heavy (non-hydrogen) atoms. The van der Waals surface area contributed by atoms with Gasteiger partial charge in [0.15, 0.2) is 11.6 Å². The standard InChI is InChI=1S/C20H24N4O/c1-23-13-11-21-18(23)19-22-12-14-24(19)15-20(9-3-4-10-20)16-5-7-17(25-2)8-6-16/h5-8,11-14H,3-4,9-10,15H2,1-2H3. The molecule has 0 radical (unpaired) electrons. The monoisotopic (exact) mass is 336 g/mol. The lowest BCUT2D eigenvalue weighted by Crippen LogP contribution is -2.28. The summed E-state index contributed by atoms with van der Waals surface area (Å²) in [5.74, 6) is 2.76. The van der Waals surface area contributed by atoms with Crippen molar-refractivity contribution in [1.29, 1.82) is 0 Å². The second kappa shape index (κ2) is 6.39. The normalized spacial score (nSPS) is 16.2. The molecule has 3 aromatic rings. The highest BCUT2D eigenvalue weighted by Gasteiger charge is 2.36. The predicted octanol–water partition coefficient (Wildman–Crippen LogP) is 3.80. The van der Waals surface area contributed by atoms with Crippen LogP contribution in [0.3, 0.4) is 0 Å². The predicted molar refractivity (Wildman–Crippen MR) is 97.6 cm³/mol. The summed E-state index contributed by atoms with van der Waals surface area (Å²) in [6, 6.07) is 8.59. The van der Waals surface area contributed by atoms with E-state index >= 15 is 0 Å². The van der Waals surface area contributed by atoms with Crippen LogP contribution in [0.2, 0.25) is 0 Å². The van der Waals surface area contributed by atoms with E-state index in [9.17, 15) is 0 Å². The van der Waals surface area contributed by atoms with Crippen LogP contribution in [0.4, 0.5) is 0 Å². The van der Waals surface area contributed by atoms with Gasteiger partial charge in [-0.3, -0.25) is 0 Å². The Hall–Kier alpha value is -2.56. The maximum atomic E-state index is 5.33. The van der Waals surface area contributed by atoms with Crippen molar-refractivity contribution in [3.05, 3.63) is 54.6 Å². The Morgan fingerprint density at radius 2 is 1.68 bits per heavy atom. The van der Waals surface area contributed by atoms with Gasteiger partial charge in [0, 0.05) is 43.8 Å². The molecule has 5 nitrogen and oxygen atoms in total. The van der Waals surface area contributed by atoms with Gasteiger partial charge < -0.3 is 13.9 Å². The van der Waals surface area contributed by atoms with Gasteiger partial charge in [-0.25, -0.2) is 9.97 Å². The SMILES string of the molecule is COc1ccc(C2(Cn3ccnc3-c3nccn3C)CCCC2)cc1. The van der Waals surface area contributed by atoms with Gasteiger partial charge in [0.05, 0.1) is 7.11 Å². The Balaban J connectivity index is 1.69. The molecule has 4 rings (SSSR count). The summed E-state index contributed by atoms with van der Waals surface area (Å²) in [6.07, 6.45) is 12.7. The maximum Gasteiger partial charge on any atom is 0.176 e. The minimum absolute atomic E-state index is 0.160. The van der Waals surface area contributed by atoms with E-state index in [1.807, 2.05) is 30.2 Å². The largest absolute Gasteiger partial charge is 0.497 e. The first-order valence-electron chi connectivity index (χ1n) is 8.85. The number of imidazole rings is 2. The van der Waals surface area contributed by atoms with E-state index < -0.39 is 0 Å². The third kappa shape index (κ3) is 2.84. The molecule has 0 amide bonds. The molecule has 0 bridgehead atoms. The van der Waals surface area contributed by atoms with Crippen LogP contribution < -0.4 is 4.74 Å². The number of hydrogen-bond donors (Lipinski definition) is 0. The topological polar surface area (TPSA) is 44.9 Å². The Kier molecular flexibility index (Phi) is 4.07. The van der Waals surface area contributed by atoms with Crippen molar-refractivity contribution in [2.75, 3.05) is 7.11 Å². The van der Waals surface area contributed by atoms with Gasteiger partial charge in [-0.05, 0) is 30.5 Å². The highest BCUT2D eigenvalue weighted by atomic mass is 16.5. The zero-order chi connectivity index (χ0) is 17.3. The van der Waals surface area contributed by atoms with Crippen LogP contribution >= 0.6 is 0 Å². The van der Waals surface area contributed by atoms with Gasteiger partial charge >= 0.3 is 0 Å². The number of aromatic nitrogens is 4. The summed E-state index contributed by atoms with van der Waals surface area (Å²) in [7, 11) is 3.72. The van der Waals surface area contributed by atoms with Crippen LogP contribution in [0.5, 0.6) is 5.75 Å². The molecule has 0 unspecified atom stereocenters. The second-order valence-electron chi connectivity index (χ2n) is 6.96. The summed E-state index contributed by atoms with van der Waals surface area (Å²) < 4.78 is 9.61. The van der Waals surface area contributed by atoms with E-state index in [-0.39, 0.29) is 5.41 Å². The number of rotatable bonds is 5. The molecule has 2 heterocycles. The minimum atomic E-state index is 0.160. The molecule has 0 spiro atoms. The van der Waals surface area contributed by atoms with Crippen molar-refractivity contribution in [2.24, 2.45) is 7.05 Å². The van der Waals surface area contributed by atoms with Crippen LogP contribution in [0.15, 0.2) is 49.1 Å². The molecule has 1 aromatic carbocycles. The summed E-state index contributed by atoms with van der Waals surface area (Å²) in [5, 5.41) is 0. The van der Waals surface area contributed by atoms with E-state index in [1.54, 1.807) is 7.11 Å². The zero-order valence-electron chi connectivity index (χ0n) is 14.9. The molecular formula is C20H24N4O. The smallest absolute Gasteiger partial charge is 0.176 e. The van der Waals surface area contributed by atoms with E-state index in [0.717, 1.165) is 23.9 Å². The van der Waals surface area contributed by atoms with Crippen LogP contribution in [0, 0.1) is 0 Å². The number of nitrogens with zero attached hydrogens (tertiary/aromatic N) is 4. The fraction of sp³-hybridized carbons (Fsp3) is 0.400. The third-order valence-electron chi connectivity index (χ3n) is 5.47. The first-order valence-corrected chi connectivity index (χ1v) is 8.85. The minimum Gasteiger partial charge on any atom is -0.497 e. The highest BCUT2D eigenvalue weighted by molar-refractivity contribution is 5.45. The van der Waals surface area contributed by atoms with E-state index in [1.165, 1.54) is 31.2 Å². The molecule has 0 aliphatic heterocycles. The maximum absolute atomic E-state index is 5.33. The van der Waals surface area contributed by atoms with Crippen molar-refractivity contribution in [2.45, 2.75) is 37.6 Å². The average molecular weight is 336 g/mol. The molecule has 1 saturated carbocycles. The summed E-state index contributed by atoms with van der Waals surface area (Å²) in [4.78, 5) is 9.05. The molecular weight excluding hydrogens is 312 g/mol. The van der Waals surface area contributed by atoms with Crippen LogP contribution in [-0.2, 0) is 19.0 Å². The quantitative estimate of drug-likeness (QED) is 0.712. The lowest BCUT2D eigenvalue weighted by Gasteiger charge is -2.31. The Morgan fingerprint density at radius 1 is 1.00 bits per heavy atom. The Labute approximate surface area is 148 Å². The van der Waals surface area contributed by atoms with Crippen molar-refractivity contribution in [3.63, 3.8) is 0 Å². The number of aryl methyl sites for hydroxylation is 1. The van der Waals surface area contributed by atoms with Gasteiger partial charge in [0.25, 0.3) is 0 Å². The first-order chi connectivity index (χ1) is 12.2. The Bertz CT molecular complexity index is 841. The van der Waals surface area contributed by atoms with E-state index in [2.05, 4.69) is 45.0 Å². The highest BCUT2D eigenvalue weighted by Crippen LogP contribution is 2.43. The molecule has 2 aromatic heterocycles. The summed E-state index contributed by atoms with van der Waals surface area (Å²) in [5.41, 5.74) is 1.55. The fourth-order valence-corrected chi connectivity index (χ4v) is 4.08. The van der Waals surface area contributed by atoms with Gasteiger partial charge in [-0.2, -0.15) is 0 Å². The second-order valence-corrected chi connectivity index (χ2v) is 6.96. The van der Waals surface area contributed by atoms with Gasteiger partial charge in [0.2, 0.25) is 0 Å². The van der Waals surface area contributed by atoms with E-state index in [0.29, 0.717) is 0 Å². The van der Waals surface area contributed by atoms with Gasteiger partial charge in [-0.1, -0.05) is 25.0 Å². The zero-order valence-corrected chi connectivity index (χ0v) is 14.9. The van der Waals surface area contributed by atoms with E-state index in [4.69, 9.17) is 4.74 Å². The van der Waals surface area contributed by atoms with Crippen LogP contribution in [0.25, 0.3) is 11.6 Å². The number of ether oxygens (including phenoxy) is 1. The molecule has 5 heteroatoms. The Morgan fingerprint density at radius 3 is 2.32 bits per heavy atom. The third-order valence-corrected chi connectivity index (χ3v) is 5.47. The molecule has 1 aliphatic carbocycles. The van der Waals surface area contributed by atoms with Crippen LogP contribution in [0.1, 0.15) is 31.2 Å². The molecule has 130 valence electrons. The number of benzene rings is 1. The fourth-order valence-electron chi connectivity index (χ4n) is 4.08. The summed E-state index contributed by atoms with van der Waals surface area (Å²) >= 11 is 0. The van der Waals surface area contributed by atoms with Crippen molar-refractivity contribution < 1.29 is 4.74 Å². The number of hydrogen-bond acceptors (Lipinski definition) is 3. The van der Waals surface area contributed by atoms with Crippen molar-refractivity contribution in [3.8, 4) is 17.4 Å². The molecule has 1 fully saturated rings. The first kappa shape index (κ1) is 15.9. The molecule has 0 atom stereocenters. The molecule has 0 saturated heterocycles. The van der Waals surface area contributed by atoms with Crippen LogP contribution in [-0.4, -0.2) is 26.2 Å². The summed E-state index contributed by atoms with van der Waals surface area (Å²) in [6.45, 7) is 0.932.